The van der Waals surface area contributed by atoms with Crippen molar-refractivity contribution in [1.29, 1.82) is 0 Å². The van der Waals surface area contributed by atoms with E-state index >= 15 is 0 Å². The van der Waals surface area contributed by atoms with E-state index in [0.717, 1.165) is 44.5 Å². The van der Waals surface area contributed by atoms with Crippen LogP contribution in [0.5, 0.6) is 0 Å². The fraction of sp³-hybridized carbons (Fsp3) is 0.650. The summed E-state index contributed by atoms with van der Waals surface area (Å²) in [6.45, 7) is 6.41. The smallest absolute Gasteiger partial charge is 0.230 e. The largest absolute Gasteiger partial charge is 0.381 e. The van der Waals surface area contributed by atoms with E-state index in [9.17, 15) is 4.79 Å². The molecule has 132 valence electrons. The Morgan fingerprint density at radius 2 is 2.04 bits per heavy atom. The predicted molar refractivity (Wildman–Crippen MR) is 96.1 cm³/mol. The minimum atomic E-state index is -0.420. The van der Waals surface area contributed by atoms with Crippen LogP contribution in [0.1, 0.15) is 43.2 Å². The third kappa shape index (κ3) is 3.98. The van der Waals surface area contributed by atoms with E-state index in [1.165, 1.54) is 18.4 Å². The summed E-state index contributed by atoms with van der Waals surface area (Å²) < 4.78 is 5.53. The SMILES string of the molecule is Cc1ccc(C2(C(=O)NCCC3CCCNC3)CCOCC2)cc1. The zero-order valence-electron chi connectivity index (χ0n) is 14.8. The number of piperidine rings is 1. The Labute approximate surface area is 145 Å². The van der Waals surface area contributed by atoms with Gasteiger partial charge in [0.05, 0.1) is 5.41 Å². The molecule has 2 aliphatic rings. The van der Waals surface area contributed by atoms with Gasteiger partial charge in [0.2, 0.25) is 5.91 Å². The molecule has 0 spiro atoms. The number of hydrogen-bond donors (Lipinski definition) is 2. The van der Waals surface area contributed by atoms with E-state index in [4.69, 9.17) is 4.74 Å². The molecule has 1 aromatic carbocycles. The Morgan fingerprint density at radius 3 is 2.71 bits per heavy atom. The van der Waals surface area contributed by atoms with Crippen molar-refractivity contribution in [2.24, 2.45) is 5.92 Å². The maximum absolute atomic E-state index is 13.1. The van der Waals surface area contributed by atoms with E-state index in [1.807, 2.05) is 0 Å². The van der Waals surface area contributed by atoms with Crippen LogP contribution in [0.3, 0.4) is 0 Å². The molecule has 1 unspecified atom stereocenters. The van der Waals surface area contributed by atoms with Crippen molar-refractivity contribution in [3.8, 4) is 0 Å². The van der Waals surface area contributed by atoms with Crippen LogP contribution in [0.25, 0.3) is 0 Å². The van der Waals surface area contributed by atoms with Crippen molar-refractivity contribution in [1.82, 2.24) is 10.6 Å². The van der Waals surface area contributed by atoms with Crippen LogP contribution in [0.4, 0.5) is 0 Å². The quantitative estimate of drug-likeness (QED) is 0.872. The molecule has 0 aromatic heterocycles. The summed E-state index contributed by atoms with van der Waals surface area (Å²) in [5.41, 5.74) is 1.94. The fourth-order valence-corrected chi connectivity index (χ4v) is 3.97. The Hall–Kier alpha value is -1.39. The lowest BCUT2D eigenvalue weighted by atomic mass is 9.73. The van der Waals surface area contributed by atoms with Crippen molar-refractivity contribution < 1.29 is 9.53 Å². The van der Waals surface area contributed by atoms with Gasteiger partial charge in [-0.3, -0.25) is 4.79 Å². The third-order valence-electron chi connectivity index (χ3n) is 5.62. The van der Waals surface area contributed by atoms with Crippen LogP contribution < -0.4 is 10.6 Å². The fourth-order valence-electron chi connectivity index (χ4n) is 3.97. The van der Waals surface area contributed by atoms with Gasteiger partial charge in [0, 0.05) is 19.8 Å². The number of rotatable bonds is 5. The molecule has 1 amide bonds. The number of nitrogens with one attached hydrogen (secondary N) is 2. The van der Waals surface area contributed by atoms with Crippen LogP contribution in [-0.2, 0) is 14.9 Å². The minimum Gasteiger partial charge on any atom is -0.381 e. The van der Waals surface area contributed by atoms with Crippen molar-refractivity contribution in [3.63, 3.8) is 0 Å². The molecule has 1 aromatic rings. The van der Waals surface area contributed by atoms with Gasteiger partial charge in [-0.05, 0) is 63.6 Å². The highest BCUT2D eigenvalue weighted by Crippen LogP contribution is 2.35. The van der Waals surface area contributed by atoms with Crippen LogP contribution >= 0.6 is 0 Å². The normalized spacial score (nSPS) is 23.6. The van der Waals surface area contributed by atoms with Gasteiger partial charge in [-0.2, -0.15) is 0 Å². The van der Waals surface area contributed by atoms with Crippen molar-refractivity contribution >= 4 is 5.91 Å². The predicted octanol–water partition coefficient (Wildman–Crippen LogP) is 2.55. The van der Waals surface area contributed by atoms with Gasteiger partial charge in [0.1, 0.15) is 0 Å². The molecule has 0 bridgehead atoms. The van der Waals surface area contributed by atoms with Gasteiger partial charge in [0.15, 0.2) is 0 Å². The Kier molecular flexibility index (Phi) is 5.90. The van der Waals surface area contributed by atoms with Gasteiger partial charge in [0.25, 0.3) is 0 Å². The number of benzene rings is 1. The molecule has 24 heavy (non-hydrogen) atoms. The Balaban J connectivity index is 1.64. The van der Waals surface area contributed by atoms with Crippen molar-refractivity contribution in [2.45, 2.75) is 44.4 Å². The summed E-state index contributed by atoms with van der Waals surface area (Å²) in [7, 11) is 0. The van der Waals surface area contributed by atoms with Crippen LogP contribution in [0.15, 0.2) is 24.3 Å². The van der Waals surface area contributed by atoms with Crippen molar-refractivity contribution in [3.05, 3.63) is 35.4 Å². The molecule has 2 N–H and O–H groups in total. The second kappa shape index (κ2) is 8.13. The molecule has 0 aliphatic carbocycles. The number of aryl methyl sites for hydroxylation is 1. The van der Waals surface area contributed by atoms with E-state index < -0.39 is 5.41 Å². The standard InChI is InChI=1S/C20H30N2O2/c1-16-4-6-18(7-5-16)20(9-13-24-14-10-20)19(23)22-12-8-17-3-2-11-21-15-17/h4-7,17,21H,2-3,8-15H2,1H3,(H,22,23). The molecule has 2 saturated heterocycles. The minimum absolute atomic E-state index is 0.179. The average Bonchev–Trinajstić information content (AvgIpc) is 2.63. The summed E-state index contributed by atoms with van der Waals surface area (Å²) >= 11 is 0. The molecular weight excluding hydrogens is 300 g/mol. The maximum Gasteiger partial charge on any atom is 0.230 e. The first-order valence-electron chi connectivity index (χ1n) is 9.35. The zero-order chi connectivity index (χ0) is 16.8. The number of amides is 1. The van der Waals surface area contributed by atoms with Crippen LogP contribution in [0.2, 0.25) is 0 Å². The topological polar surface area (TPSA) is 50.4 Å². The first-order valence-corrected chi connectivity index (χ1v) is 9.35. The highest BCUT2D eigenvalue weighted by atomic mass is 16.5. The summed E-state index contributed by atoms with van der Waals surface area (Å²) in [6, 6.07) is 8.44. The third-order valence-corrected chi connectivity index (χ3v) is 5.62. The summed E-state index contributed by atoms with van der Waals surface area (Å²) in [4.78, 5) is 13.1. The lowest BCUT2D eigenvalue weighted by molar-refractivity contribution is -0.130. The number of carbonyl (C=O) groups is 1. The molecule has 2 fully saturated rings. The number of carbonyl (C=O) groups excluding carboxylic acids is 1. The summed E-state index contributed by atoms with van der Waals surface area (Å²) in [5.74, 6) is 0.877. The van der Waals surface area contributed by atoms with E-state index in [1.54, 1.807) is 0 Å². The Bertz CT molecular complexity index is 529. The van der Waals surface area contributed by atoms with E-state index in [2.05, 4.69) is 41.8 Å². The van der Waals surface area contributed by atoms with Gasteiger partial charge in [-0.15, -0.1) is 0 Å². The van der Waals surface area contributed by atoms with Gasteiger partial charge < -0.3 is 15.4 Å². The molecule has 2 heterocycles. The molecular formula is C20H30N2O2. The first kappa shape index (κ1) is 17.4. The lowest BCUT2D eigenvalue weighted by Gasteiger charge is -2.36. The van der Waals surface area contributed by atoms with Gasteiger partial charge >= 0.3 is 0 Å². The summed E-state index contributed by atoms with van der Waals surface area (Å²) in [5, 5.41) is 6.68. The van der Waals surface area contributed by atoms with Crippen LogP contribution in [-0.4, -0.2) is 38.8 Å². The van der Waals surface area contributed by atoms with Gasteiger partial charge in [-0.1, -0.05) is 29.8 Å². The molecule has 4 heteroatoms. The highest BCUT2D eigenvalue weighted by molar-refractivity contribution is 5.88. The molecule has 4 nitrogen and oxygen atoms in total. The maximum atomic E-state index is 13.1. The molecule has 0 saturated carbocycles. The average molecular weight is 330 g/mol. The molecule has 1 atom stereocenters. The molecule has 3 rings (SSSR count). The van der Waals surface area contributed by atoms with E-state index in [-0.39, 0.29) is 5.91 Å². The summed E-state index contributed by atoms with van der Waals surface area (Å²) in [6.07, 6.45) is 5.14. The molecule has 2 aliphatic heterocycles. The second-order valence-corrected chi connectivity index (χ2v) is 7.32. The van der Waals surface area contributed by atoms with Gasteiger partial charge in [-0.25, -0.2) is 0 Å². The lowest BCUT2D eigenvalue weighted by Crippen LogP contribution is -2.48. The monoisotopic (exact) mass is 330 g/mol. The Morgan fingerprint density at radius 1 is 1.29 bits per heavy atom. The zero-order valence-corrected chi connectivity index (χ0v) is 14.8. The number of hydrogen-bond acceptors (Lipinski definition) is 3. The van der Waals surface area contributed by atoms with Crippen molar-refractivity contribution in [2.75, 3.05) is 32.8 Å². The van der Waals surface area contributed by atoms with Crippen LogP contribution in [0, 0.1) is 12.8 Å². The second-order valence-electron chi connectivity index (χ2n) is 7.32. The molecule has 0 radical (unpaired) electrons. The first-order chi connectivity index (χ1) is 11.7. The highest BCUT2D eigenvalue weighted by Gasteiger charge is 2.41. The number of ether oxygens (including phenoxy) is 1. The van der Waals surface area contributed by atoms with E-state index in [0.29, 0.717) is 19.1 Å².